The van der Waals surface area contributed by atoms with Crippen LogP contribution < -0.4 is 0 Å². The average molecular weight is 452 g/mol. The summed E-state index contributed by atoms with van der Waals surface area (Å²) >= 11 is 0. The van der Waals surface area contributed by atoms with E-state index >= 15 is 0 Å². The van der Waals surface area contributed by atoms with Crippen molar-refractivity contribution in [1.29, 1.82) is 0 Å². The van der Waals surface area contributed by atoms with E-state index in [1.54, 1.807) is 18.3 Å². The predicted octanol–water partition coefficient (Wildman–Crippen LogP) is 6.56. The molecule has 0 spiro atoms. The van der Waals surface area contributed by atoms with E-state index in [-0.39, 0.29) is 23.5 Å². The molecule has 5 rings (SSSR count). The molecule has 0 saturated heterocycles. The summed E-state index contributed by atoms with van der Waals surface area (Å²) in [7, 11) is 0. The molecular weight excluding hydrogens is 425 g/mol. The molecule has 0 amide bonds. The topological polar surface area (TPSA) is 55.7 Å². The van der Waals surface area contributed by atoms with Crippen molar-refractivity contribution in [2.45, 2.75) is 32.1 Å². The monoisotopic (exact) mass is 451 g/mol. The molecule has 0 aliphatic heterocycles. The van der Waals surface area contributed by atoms with E-state index in [4.69, 9.17) is 9.97 Å². The number of fused-ring (bicyclic) bond motifs is 4. The lowest BCUT2D eigenvalue weighted by Gasteiger charge is -2.40. The van der Waals surface area contributed by atoms with E-state index in [0.29, 0.717) is 35.5 Å². The number of aromatic nitrogens is 3. The minimum atomic E-state index is -0.565. The summed E-state index contributed by atoms with van der Waals surface area (Å²) in [6.07, 6.45) is 6.97. The highest BCUT2D eigenvalue weighted by Gasteiger charge is 2.43. The Balaban J connectivity index is 1.79. The van der Waals surface area contributed by atoms with Crippen molar-refractivity contribution in [3.8, 4) is 11.4 Å². The van der Waals surface area contributed by atoms with Gasteiger partial charge < -0.3 is 0 Å². The number of hydrogen-bond donors (Lipinski definition) is 0. The zero-order valence-corrected chi connectivity index (χ0v) is 19.2. The second kappa shape index (κ2) is 8.56. The van der Waals surface area contributed by atoms with Crippen LogP contribution in [0.5, 0.6) is 0 Å². The van der Waals surface area contributed by atoms with Gasteiger partial charge in [0, 0.05) is 40.1 Å². The molecule has 2 aliphatic carbocycles. The van der Waals surface area contributed by atoms with Crippen LogP contribution in [0.1, 0.15) is 42.6 Å². The molecule has 1 aromatic carbocycles. The van der Waals surface area contributed by atoms with Gasteiger partial charge in [0.1, 0.15) is 5.83 Å². The molecule has 3 aromatic rings. The third-order valence-corrected chi connectivity index (χ3v) is 7.22. The number of Topliss-reactive ketones (excluding diaryl/α,β-unsaturated/α-hetero) is 1. The summed E-state index contributed by atoms with van der Waals surface area (Å²) in [5, 5.41) is 0.924. The van der Waals surface area contributed by atoms with Gasteiger partial charge in [-0.25, -0.2) is 14.4 Å². The highest BCUT2D eigenvalue weighted by atomic mass is 19.1. The molecule has 5 heteroatoms. The van der Waals surface area contributed by atoms with Crippen LogP contribution in [0.25, 0.3) is 27.9 Å². The van der Waals surface area contributed by atoms with Crippen LogP contribution in [0, 0.1) is 11.8 Å². The third-order valence-electron chi connectivity index (χ3n) is 7.22. The van der Waals surface area contributed by atoms with E-state index in [0.717, 1.165) is 34.1 Å². The Bertz CT molecular complexity index is 1400. The Morgan fingerprint density at radius 1 is 1.21 bits per heavy atom. The van der Waals surface area contributed by atoms with Crippen LogP contribution in [0.15, 0.2) is 79.8 Å². The van der Waals surface area contributed by atoms with Crippen LogP contribution in [-0.2, 0) is 11.2 Å². The fraction of sp³-hybridized carbons (Fsp3) is 0.241. The van der Waals surface area contributed by atoms with Crippen molar-refractivity contribution >= 4 is 22.3 Å². The second-order valence-corrected chi connectivity index (χ2v) is 9.13. The highest BCUT2D eigenvalue weighted by Crippen LogP contribution is 2.49. The smallest absolute Gasteiger partial charge is 0.161 e. The zero-order valence-electron chi connectivity index (χ0n) is 19.2. The van der Waals surface area contributed by atoms with Gasteiger partial charge in [-0.05, 0) is 42.9 Å². The first-order chi connectivity index (χ1) is 16.4. The van der Waals surface area contributed by atoms with E-state index in [2.05, 4.69) is 24.7 Å². The molecule has 1 saturated carbocycles. The molecule has 3 atom stereocenters. The van der Waals surface area contributed by atoms with Crippen molar-refractivity contribution in [2.75, 3.05) is 0 Å². The molecule has 0 N–H and O–H groups in total. The minimum Gasteiger partial charge on any atom is -0.294 e. The predicted molar refractivity (Wildman–Crippen MR) is 134 cm³/mol. The third kappa shape index (κ3) is 3.52. The quantitative estimate of drug-likeness (QED) is 0.333. The van der Waals surface area contributed by atoms with Crippen molar-refractivity contribution in [3.05, 3.63) is 96.8 Å². The van der Waals surface area contributed by atoms with Gasteiger partial charge in [0.25, 0.3) is 0 Å². The second-order valence-electron chi connectivity index (χ2n) is 9.13. The highest BCUT2D eigenvalue weighted by molar-refractivity contribution is 5.98. The summed E-state index contributed by atoms with van der Waals surface area (Å²) in [5.41, 5.74) is 4.96. The van der Waals surface area contributed by atoms with E-state index in [1.807, 2.05) is 37.3 Å². The fourth-order valence-electron chi connectivity index (χ4n) is 5.56. The molecule has 170 valence electrons. The van der Waals surface area contributed by atoms with Gasteiger partial charge in [-0.15, -0.1) is 0 Å². The number of benzene rings is 1. The number of carbonyl (C=O) groups is 1. The van der Waals surface area contributed by atoms with E-state index < -0.39 is 5.83 Å². The maximum absolute atomic E-state index is 14.7. The van der Waals surface area contributed by atoms with Crippen LogP contribution in [0.3, 0.4) is 0 Å². The molecule has 4 nitrogen and oxygen atoms in total. The Hall–Kier alpha value is -3.73. The van der Waals surface area contributed by atoms with Gasteiger partial charge in [-0.3, -0.25) is 9.78 Å². The Morgan fingerprint density at radius 3 is 2.79 bits per heavy atom. The van der Waals surface area contributed by atoms with Gasteiger partial charge in [0.05, 0.1) is 16.9 Å². The van der Waals surface area contributed by atoms with Crippen LogP contribution in [0.2, 0.25) is 0 Å². The first kappa shape index (κ1) is 22.1. The maximum atomic E-state index is 14.7. The van der Waals surface area contributed by atoms with Crippen LogP contribution in [-0.4, -0.2) is 20.7 Å². The van der Waals surface area contributed by atoms with Crippen molar-refractivity contribution in [1.82, 2.24) is 15.0 Å². The lowest BCUT2D eigenvalue weighted by molar-refractivity contribution is -0.122. The van der Waals surface area contributed by atoms with Crippen molar-refractivity contribution in [3.63, 3.8) is 0 Å². The zero-order chi connectivity index (χ0) is 24.0. The first-order valence-electron chi connectivity index (χ1n) is 11.6. The van der Waals surface area contributed by atoms with E-state index in [1.165, 1.54) is 0 Å². The summed E-state index contributed by atoms with van der Waals surface area (Å²) in [6, 6.07) is 9.70. The average Bonchev–Trinajstić information content (AvgIpc) is 2.84. The Kier molecular flexibility index (Phi) is 5.56. The largest absolute Gasteiger partial charge is 0.294 e. The molecule has 2 aliphatic rings. The van der Waals surface area contributed by atoms with Gasteiger partial charge in [-0.1, -0.05) is 57.0 Å². The first-order valence-corrected chi connectivity index (χ1v) is 11.6. The lowest BCUT2D eigenvalue weighted by Crippen LogP contribution is -2.37. The molecule has 1 fully saturated rings. The van der Waals surface area contributed by atoms with Gasteiger partial charge in [0.15, 0.2) is 11.6 Å². The van der Waals surface area contributed by atoms with Gasteiger partial charge >= 0.3 is 0 Å². The molecule has 0 radical (unpaired) electrons. The molecule has 34 heavy (non-hydrogen) atoms. The van der Waals surface area contributed by atoms with E-state index in [9.17, 15) is 9.18 Å². The fourth-order valence-corrected chi connectivity index (χ4v) is 5.56. The summed E-state index contributed by atoms with van der Waals surface area (Å²) in [6.45, 7) is 13.3. The SMILES string of the molecule is C=C/C=C(\C(=C)F)c1nc(-c2cccc3ncccc23)nc2c1CCC1C(C)C(=O)C(=C)CC21. The van der Waals surface area contributed by atoms with Crippen LogP contribution in [0.4, 0.5) is 4.39 Å². The Morgan fingerprint density at radius 2 is 2.03 bits per heavy atom. The minimum absolute atomic E-state index is 0.0374. The number of hydrogen-bond acceptors (Lipinski definition) is 4. The number of halogens is 1. The number of pyridine rings is 1. The van der Waals surface area contributed by atoms with Crippen LogP contribution >= 0.6 is 0 Å². The number of carbonyl (C=O) groups excluding carboxylic acids is 1. The number of rotatable bonds is 4. The standard InChI is InChI=1S/C29H26FN3O/c1-5-8-20(18(4)30)26-23-13-12-19-17(3)28(34)16(2)15-24(19)27(23)33-29(32-26)22-9-6-11-25-21(22)10-7-14-31-25/h5-11,14,17,19,24H,1-2,4,12-13,15H2,3H3/b20-8+. The van der Waals surface area contributed by atoms with Gasteiger partial charge in [0.2, 0.25) is 0 Å². The summed E-state index contributed by atoms with van der Waals surface area (Å²) in [5.74, 6) is 0.196. The van der Waals surface area contributed by atoms with Crippen molar-refractivity contribution in [2.24, 2.45) is 11.8 Å². The maximum Gasteiger partial charge on any atom is 0.161 e. The normalized spacial score (nSPS) is 22.3. The molecular formula is C29H26FN3O. The van der Waals surface area contributed by atoms with Crippen molar-refractivity contribution < 1.29 is 9.18 Å². The summed E-state index contributed by atoms with van der Waals surface area (Å²) < 4.78 is 14.7. The lowest BCUT2D eigenvalue weighted by atomic mass is 9.63. The summed E-state index contributed by atoms with van der Waals surface area (Å²) in [4.78, 5) is 27.1. The number of ketones is 1. The van der Waals surface area contributed by atoms with Gasteiger partial charge in [-0.2, -0.15) is 0 Å². The molecule has 2 heterocycles. The number of allylic oxidation sites excluding steroid dienone is 5. The molecule has 0 bridgehead atoms. The Labute approximate surface area is 198 Å². The molecule has 2 aromatic heterocycles. The molecule has 3 unspecified atom stereocenters. The number of nitrogens with zero attached hydrogens (tertiary/aromatic N) is 3.